The van der Waals surface area contributed by atoms with Crippen LogP contribution in [0.2, 0.25) is 0 Å². The first-order chi connectivity index (χ1) is 14.1. The Hall–Kier alpha value is -3.19. The van der Waals surface area contributed by atoms with E-state index in [4.69, 9.17) is 0 Å². The van der Waals surface area contributed by atoms with Crippen molar-refractivity contribution in [1.29, 1.82) is 5.26 Å². The van der Waals surface area contributed by atoms with Crippen LogP contribution < -0.4 is 5.56 Å². The maximum Gasteiger partial charge on any atom is 0.417 e. The van der Waals surface area contributed by atoms with Gasteiger partial charge in [-0.2, -0.15) is 28.6 Å². The number of aryl methyl sites for hydroxylation is 1. The first-order valence-electron chi connectivity index (χ1n) is 9.41. The second-order valence-corrected chi connectivity index (χ2v) is 7.44. The highest BCUT2D eigenvalue weighted by Gasteiger charge is 2.39. The minimum Gasteiger partial charge on any atom is -0.379 e. The molecule has 3 aromatic rings. The van der Waals surface area contributed by atoms with Crippen LogP contribution in [0, 0.1) is 11.3 Å². The zero-order valence-electron chi connectivity index (χ0n) is 16.2. The van der Waals surface area contributed by atoms with Crippen LogP contribution in [0.4, 0.5) is 13.2 Å². The Morgan fingerprint density at radius 3 is 2.60 bits per heavy atom. The highest BCUT2D eigenvalue weighted by molar-refractivity contribution is 5.81. The maximum absolute atomic E-state index is 13.2. The van der Waals surface area contributed by atoms with Crippen molar-refractivity contribution in [3.63, 3.8) is 0 Å². The molecule has 2 heterocycles. The number of halogens is 3. The number of aliphatic hydroxyl groups is 1. The average Bonchev–Trinajstić information content (AvgIpc) is 3.48. The molecule has 0 radical (unpaired) electrons. The van der Waals surface area contributed by atoms with Gasteiger partial charge in [0.05, 0.1) is 40.5 Å². The molecule has 10 heteroatoms. The summed E-state index contributed by atoms with van der Waals surface area (Å²) in [6.07, 6.45) is -1.44. The Labute approximate surface area is 169 Å². The van der Waals surface area contributed by atoms with Gasteiger partial charge < -0.3 is 5.11 Å². The number of fused-ring (bicyclic) bond motifs is 1. The highest BCUT2D eigenvalue weighted by Crippen LogP contribution is 2.40. The molecule has 1 aliphatic rings. The fourth-order valence-corrected chi connectivity index (χ4v) is 3.82. The Balaban J connectivity index is 1.93. The fourth-order valence-electron chi connectivity index (χ4n) is 3.82. The Kier molecular flexibility index (Phi) is 4.47. The SMILES string of the molecule is CC[C@](O)(c1ccc(C(F)(F)F)c(C#N)c1)c1c2cnn(C3CC3)c(=O)c2nn1C. The lowest BCUT2D eigenvalue weighted by molar-refractivity contribution is -0.137. The second-order valence-electron chi connectivity index (χ2n) is 7.44. The van der Waals surface area contributed by atoms with E-state index < -0.39 is 22.9 Å². The number of benzene rings is 1. The first-order valence-corrected chi connectivity index (χ1v) is 9.41. The summed E-state index contributed by atoms with van der Waals surface area (Å²) < 4.78 is 42.2. The van der Waals surface area contributed by atoms with Crippen LogP contribution in [0.5, 0.6) is 0 Å². The number of rotatable bonds is 4. The average molecular weight is 417 g/mol. The van der Waals surface area contributed by atoms with Crippen molar-refractivity contribution in [1.82, 2.24) is 19.6 Å². The van der Waals surface area contributed by atoms with Gasteiger partial charge >= 0.3 is 6.18 Å². The number of nitriles is 1. The number of aromatic nitrogens is 4. The molecule has 1 N–H and O–H groups in total. The smallest absolute Gasteiger partial charge is 0.379 e. The lowest BCUT2D eigenvalue weighted by atomic mass is 9.84. The van der Waals surface area contributed by atoms with E-state index in [1.54, 1.807) is 20.0 Å². The Bertz CT molecular complexity index is 1250. The highest BCUT2D eigenvalue weighted by atomic mass is 19.4. The van der Waals surface area contributed by atoms with Gasteiger partial charge in [0.15, 0.2) is 5.52 Å². The summed E-state index contributed by atoms with van der Waals surface area (Å²) in [5, 5.41) is 29.5. The van der Waals surface area contributed by atoms with Gasteiger partial charge in [0, 0.05) is 7.05 Å². The molecule has 4 rings (SSSR count). The zero-order valence-corrected chi connectivity index (χ0v) is 16.2. The van der Waals surface area contributed by atoms with E-state index in [-0.39, 0.29) is 34.8 Å². The summed E-state index contributed by atoms with van der Waals surface area (Å²) >= 11 is 0. The van der Waals surface area contributed by atoms with E-state index in [0.717, 1.165) is 31.0 Å². The third kappa shape index (κ3) is 2.97. The molecule has 7 nitrogen and oxygen atoms in total. The standard InChI is InChI=1S/C20H18F3N5O2/c1-3-19(30,12-4-7-15(20(21,22)23)11(8-12)9-24)17-14-10-25-28(13-5-6-13)18(29)16(14)26-27(17)2/h4,7-8,10,13,30H,3,5-6H2,1-2H3/t19-/m0/s1. The van der Waals surface area contributed by atoms with Crippen LogP contribution in [0.15, 0.2) is 29.2 Å². The minimum atomic E-state index is -4.69. The zero-order chi connectivity index (χ0) is 21.8. The molecule has 0 unspecified atom stereocenters. The van der Waals surface area contributed by atoms with Gasteiger partial charge in [0.1, 0.15) is 5.60 Å². The summed E-state index contributed by atoms with van der Waals surface area (Å²) in [6.45, 7) is 1.65. The van der Waals surface area contributed by atoms with Crippen LogP contribution in [0.3, 0.4) is 0 Å². The van der Waals surface area contributed by atoms with Crippen molar-refractivity contribution in [3.8, 4) is 6.07 Å². The lowest BCUT2D eigenvalue weighted by Crippen LogP contribution is -2.30. The molecular weight excluding hydrogens is 399 g/mol. The summed E-state index contributed by atoms with van der Waals surface area (Å²) in [7, 11) is 1.55. The molecule has 0 spiro atoms. The Morgan fingerprint density at radius 2 is 2.03 bits per heavy atom. The van der Waals surface area contributed by atoms with Gasteiger partial charge in [-0.3, -0.25) is 9.48 Å². The van der Waals surface area contributed by atoms with Crippen LogP contribution in [0.25, 0.3) is 10.9 Å². The van der Waals surface area contributed by atoms with Crippen molar-refractivity contribution < 1.29 is 18.3 Å². The van der Waals surface area contributed by atoms with E-state index in [9.17, 15) is 28.3 Å². The van der Waals surface area contributed by atoms with E-state index in [0.29, 0.717) is 5.39 Å². The van der Waals surface area contributed by atoms with Crippen molar-refractivity contribution >= 4 is 10.9 Å². The van der Waals surface area contributed by atoms with Crippen LogP contribution in [-0.2, 0) is 18.8 Å². The molecule has 156 valence electrons. The molecule has 1 atom stereocenters. The lowest BCUT2D eigenvalue weighted by Gasteiger charge is -2.28. The minimum absolute atomic E-state index is 0.0468. The monoisotopic (exact) mass is 417 g/mol. The molecule has 1 fully saturated rings. The molecule has 1 aliphatic carbocycles. The van der Waals surface area contributed by atoms with E-state index in [2.05, 4.69) is 10.2 Å². The summed E-state index contributed by atoms with van der Waals surface area (Å²) in [4.78, 5) is 12.8. The van der Waals surface area contributed by atoms with Crippen LogP contribution in [0.1, 0.15) is 54.6 Å². The molecule has 2 aromatic heterocycles. The predicted molar refractivity (Wildman–Crippen MR) is 100 cm³/mol. The number of nitrogens with zero attached hydrogens (tertiary/aromatic N) is 5. The van der Waals surface area contributed by atoms with Crippen molar-refractivity contribution in [3.05, 3.63) is 57.1 Å². The molecular formula is C20H18F3N5O2. The van der Waals surface area contributed by atoms with E-state index in [1.165, 1.54) is 15.6 Å². The number of hydrogen-bond donors (Lipinski definition) is 1. The third-order valence-electron chi connectivity index (χ3n) is 5.52. The number of hydrogen-bond acceptors (Lipinski definition) is 5. The molecule has 1 aromatic carbocycles. The van der Waals surface area contributed by atoms with Gasteiger partial charge in [-0.25, -0.2) is 4.68 Å². The van der Waals surface area contributed by atoms with Gasteiger partial charge in [0.2, 0.25) is 0 Å². The molecule has 0 amide bonds. The largest absolute Gasteiger partial charge is 0.417 e. The molecule has 0 aliphatic heterocycles. The number of alkyl halides is 3. The van der Waals surface area contributed by atoms with Crippen LogP contribution >= 0.6 is 0 Å². The fraction of sp³-hybridized carbons (Fsp3) is 0.400. The van der Waals surface area contributed by atoms with E-state index >= 15 is 0 Å². The van der Waals surface area contributed by atoms with Gasteiger partial charge in [-0.15, -0.1) is 0 Å². The van der Waals surface area contributed by atoms with Gasteiger partial charge in [-0.05, 0) is 37.0 Å². The normalized spacial score (nSPS) is 16.4. The second kappa shape index (κ2) is 6.67. The molecule has 1 saturated carbocycles. The maximum atomic E-state index is 13.2. The van der Waals surface area contributed by atoms with Crippen molar-refractivity contribution in [2.24, 2.45) is 7.05 Å². The van der Waals surface area contributed by atoms with Crippen molar-refractivity contribution in [2.75, 3.05) is 0 Å². The van der Waals surface area contributed by atoms with Crippen molar-refractivity contribution in [2.45, 2.75) is 44.0 Å². The Morgan fingerprint density at radius 1 is 1.33 bits per heavy atom. The third-order valence-corrected chi connectivity index (χ3v) is 5.52. The van der Waals surface area contributed by atoms with Crippen LogP contribution in [-0.4, -0.2) is 24.7 Å². The van der Waals surface area contributed by atoms with Gasteiger partial charge in [0.25, 0.3) is 5.56 Å². The van der Waals surface area contributed by atoms with Gasteiger partial charge in [-0.1, -0.05) is 13.0 Å². The predicted octanol–water partition coefficient (Wildman–Crippen LogP) is 3.00. The quantitative estimate of drug-likeness (QED) is 0.704. The molecule has 0 saturated heterocycles. The summed E-state index contributed by atoms with van der Waals surface area (Å²) in [6, 6.07) is 4.56. The molecule has 30 heavy (non-hydrogen) atoms. The molecule has 0 bridgehead atoms. The van der Waals surface area contributed by atoms with E-state index in [1.807, 2.05) is 0 Å². The topological polar surface area (TPSA) is 96.7 Å². The first kappa shape index (κ1) is 20.1. The summed E-state index contributed by atoms with van der Waals surface area (Å²) in [5.41, 5.74) is -3.35. The summed E-state index contributed by atoms with van der Waals surface area (Å²) in [5.74, 6) is 0.